The molecule has 0 heterocycles. The van der Waals surface area contributed by atoms with Crippen LogP contribution in [0.5, 0.6) is 5.75 Å². The fraction of sp³-hybridized carbons (Fsp3) is 0.294. The zero-order valence-electron chi connectivity index (χ0n) is 12.0. The molecule has 0 spiro atoms. The average Bonchev–Trinajstić information content (AvgIpc) is 2.89. The van der Waals surface area contributed by atoms with E-state index in [9.17, 15) is 0 Å². The molecule has 3 heteroatoms. The van der Waals surface area contributed by atoms with Gasteiger partial charge in [0.15, 0.2) is 0 Å². The molecule has 0 amide bonds. The van der Waals surface area contributed by atoms with E-state index in [1.807, 2.05) is 18.2 Å². The minimum Gasteiger partial charge on any atom is -0.497 e. The molecule has 1 aliphatic carbocycles. The Balaban J connectivity index is 1.87. The molecule has 2 aromatic rings. The molecule has 1 atom stereocenters. The highest BCUT2D eigenvalue weighted by molar-refractivity contribution is 5.54. The van der Waals surface area contributed by atoms with Gasteiger partial charge in [0.05, 0.1) is 13.2 Å². The first-order valence-corrected chi connectivity index (χ1v) is 6.94. The predicted octanol–water partition coefficient (Wildman–Crippen LogP) is 3.40. The van der Waals surface area contributed by atoms with Crippen molar-refractivity contribution in [2.24, 2.45) is 0 Å². The lowest BCUT2D eigenvalue weighted by Gasteiger charge is -2.27. The molecular formula is C17H20N2O. The Bertz CT molecular complexity index is 607. The van der Waals surface area contributed by atoms with Crippen LogP contribution in [0, 0.1) is 0 Å². The summed E-state index contributed by atoms with van der Waals surface area (Å²) in [4.78, 5) is 2.33. The quantitative estimate of drug-likeness (QED) is 0.867. The molecule has 0 saturated carbocycles. The molecule has 0 fully saturated rings. The summed E-state index contributed by atoms with van der Waals surface area (Å²) in [5.41, 5.74) is 10.7. The molecule has 0 bridgehead atoms. The Morgan fingerprint density at radius 3 is 2.60 bits per heavy atom. The molecule has 0 saturated heterocycles. The summed E-state index contributed by atoms with van der Waals surface area (Å²) in [6, 6.07) is 14.9. The van der Waals surface area contributed by atoms with Gasteiger partial charge in [0.1, 0.15) is 5.75 Å². The monoisotopic (exact) mass is 268 g/mol. The Hall–Kier alpha value is -2.16. The first kappa shape index (κ1) is 12.9. The highest BCUT2D eigenvalue weighted by Gasteiger charge is 2.26. The normalized spacial score (nSPS) is 16.8. The molecule has 0 aliphatic heterocycles. The number of nitrogens with two attached hydrogens (primary N) is 1. The fourth-order valence-electron chi connectivity index (χ4n) is 3.01. The van der Waals surface area contributed by atoms with Gasteiger partial charge in [-0.15, -0.1) is 0 Å². The predicted molar refractivity (Wildman–Crippen MR) is 83.3 cm³/mol. The van der Waals surface area contributed by atoms with Gasteiger partial charge in [0.2, 0.25) is 0 Å². The number of anilines is 2. The molecule has 104 valence electrons. The maximum absolute atomic E-state index is 5.87. The van der Waals surface area contributed by atoms with E-state index in [1.54, 1.807) is 7.11 Å². The molecule has 0 aromatic heterocycles. The lowest BCUT2D eigenvalue weighted by atomic mass is 10.1. The third-order valence-electron chi connectivity index (χ3n) is 4.16. The van der Waals surface area contributed by atoms with Gasteiger partial charge in [0, 0.05) is 18.4 Å². The van der Waals surface area contributed by atoms with Crippen molar-refractivity contribution in [3.63, 3.8) is 0 Å². The smallest absolute Gasteiger partial charge is 0.119 e. The van der Waals surface area contributed by atoms with Crippen molar-refractivity contribution in [3.8, 4) is 5.75 Å². The summed E-state index contributed by atoms with van der Waals surface area (Å²) in [5.74, 6) is 0.891. The van der Waals surface area contributed by atoms with E-state index in [-0.39, 0.29) is 0 Å². The van der Waals surface area contributed by atoms with Crippen LogP contribution in [0.1, 0.15) is 23.6 Å². The third-order valence-corrected chi connectivity index (χ3v) is 4.16. The number of aryl methyl sites for hydroxylation is 1. The van der Waals surface area contributed by atoms with E-state index in [1.165, 1.54) is 16.8 Å². The van der Waals surface area contributed by atoms with Crippen LogP contribution in [0.15, 0.2) is 42.5 Å². The Morgan fingerprint density at radius 2 is 1.90 bits per heavy atom. The van der Waals surface area contributed by atoms with E-state index >= 15 is 0 Å². The third kappa shape index (κ3) is 2.20. The minimum absolute atomic E-state index is 0.430. The minimum atomic E-state index is 0.430. The van der Waals surface area contributed by atoms with E-state index in [0.717, 1.165) is 24.3 Å². The van der Waals surface area contributed by atoms with Crippen molar-refractivity contribution in [1.82, 2.24) is 0 Å². The number of rotatable bonds is 3. The van der Waals surface area contributed by atoms with Crippen molar-refractivity contribution < 1.29 is 4.74 Å². The first-order valence-electron chi connectivity index (χ1n) is 6.94. The molecule has 3 rings (SSSR count). The van der Waals surface area contributed by atoms with Crippen LogP contribution in [0.3, 0.4) is 0 Å². The van der Waals surface area contributed by atoms with Crippen molar-refractivity contribution in [2.45, 2.75) is 18.9 Å². The number of nitrogens with zero attached hydrogens (tertiary/aromatic N) is 1. The summed E-state index contributed by atoms with van der Waals surface area (Å²) >= 11 is 0. The van der Waals surface area contributed by atoms with Gasteiger partial charge in [-0.1, -0.05) is 6.07 Å². The van der Waals surface area contributed by atoms with Gasteiger partial charge in [-0.2, -0.15) is 0 Å². The van der Waals surface area contributed by atoms with E-state index in [0.29, 0.717) is 6.04 Å². The number of methoxy groups -OCH3 is 1. The highest BCUT2D eigenvalue weighted by Crippen LogP contribution is 2.38. The maximum atomic E-state index is 5.87. The molecule has 1 aliphatic rings. The summed E-state index contributed by atoms with van der Waals surface area (Å²) in [7, 11) is 3.84. The van der Waals surface area contributed by atoms with E-state index in [2.05, 4.69) is 36.2 Å². The number of hydrogen-bond acceptors (Lipinski definition) is 3. The van der Waals surface area contributed by atoms with E-state index in [4.69, 9.17) is 10.5 Å². The zero-order valence-corrected chi connectivity index (χ0v) is 12.0. The molecular weight excluding hydrogens is 248 g/mol. The van der Waals surface area contributed by atoms with Gasteiger partial charge < -0.3 is 15.4 Å². The Labute approximate surface area is 120 Å². The fourth-order valence-corrected chi connectivity index (χ4v) is 3.01. The summed E-state index contributed by atoms with van der Waals surface area (Å²) in [6.07, 6.45) is 2.24. The average molecular weight is 268 g/mol. The van der Waals surface area contributed by atoms with Crippen molar-refractivity contribution in [2.75, 3.05) is 24.8 Å². The number of hydrogen-bond donors (Lipinski definition) is 1. The lowest BCUT2D eigenvalue weighted by Crippen LogP contribution is -2.22. The van der Waals surface area contributed by atoms with Crippen LogP contribution < -0.4 is 15.4 Å². The van der Waals surface area contributed by atoms with Crippen molar-refractivity contribution >= 4 is 11.4 Å². The topological polar surface area (TPSA) is 38.5 Å². The molecule has 20 heavy (non-hydrogen) atoms. The summed E-state index contributed by atoms with van der Waals surface area (Å²) in [5, 5.41) is 0. The second-order valence-electron chi connectivity index (χ2n) is 5.32. The summed E-state index contributed by atoms with van der Waals surface area (Å²) in [6.45, 7) is 0. The van der Waals surface area contributed by atoms with Crippen LogP contribution in [0.2, 0.25) is 0 Å². The van der Waals surface area contributed by atoms with Gasteiger partial charge >= 0.3 is 0 Å². The summed E-state index contributed by atoms with van der Waals surface area (Å²) < 4.78 is 5.21. The van der Waals surface area contributed by atoms with Gasteiger partial charge in [-0.3, -0.25) is 0 Å². The number of nitrogen functional groups attached to an aromatic ring is 1. The van der Waals surface area contributed by atoms with Gasteiger partial charge in [-0.05, 0) is 60.4 Å². The largest absolute Gasteiger partial charge is 0.497 e. The molecule has 3 nitrogen and oxygen atoms in total. The van der Waals surface area contributed by atoms with Gasteiger partial charge in [-0.25, -0.2) is 0 Å². The molecule has 0 radical (unpaired) electrons. The van der Waals surface area contributed by atoms with Crippen molar-refractivity contribution in [3.05, 3.63) is 53.6 Å². The Kier molecular flexibility index (Phi) is 3.26. The van der Waals surface area contributed by atoms with Crippen LogP contribution in [-0.2, 0) is 6.42 Å². The second kappa shape index (κ2) is 5.08. The number of ether oxygens (including phenoxy) is 1. The van der Waals surface area contributed by atoms with Crippen LogP contribution in [0.25, 0.3) is 0 Å². The number of fused-ring (bicyclic) bond motifs is 1. The van der Waals surface area contributed by atoms with E-state index < -0.39 is 0 Å². The second-order valence-corrected chi connectivity index (χ2v) is 5.32. The molecule has 2 N–H and O–H groups in total. The van der Waals surface area contributed by atoms with Crippen LogP contribution >= 0.6 is 0 Å². The van der Waals surface area contributed by atoms with Gasteiger partial charge in [0.25, 0.3) is 0 Å². The molecule has 1 unspecified atom stereocenters. The highest BCUT2D eigenvalue weighted by atomic mass is 16.5. The van der Waals surface area contributed by atoms with Crippen LogP contribution in [-0.4, -0.2) is 14.2 Å². The SMILES string of the molecule is COc1ccc(N(C)C2CCc3cc(N)ccc32)cc1. The zero-order chi connectivity index (χ0) is 14.1. The maximum Gasteiger partial charge on any atom is 0.119 e. The van der Waals surface area contributed by atoms with Crippen LogP contribution in [0.4, 0.5) is 11.4 Å². The number of benzene rings is 2. The Morgan fingerprint density at radius 1 is 1.15 bits per heavy atom. The van der Waals surface area contributed by atoms with Crippen molar-refractivity contribution in [1.29, 1.82) is 0 Å². The first-order chi connectivity index (χ1) is 9.69. The standard InChI is InChI=1S/C17H20N2O/c1-19(14-5-7-15(20-2)8-6-14)17-10-3-12-11-13(18)4-9-16(12)17/h4-9,11,17H,3,10,18H2,1-2H3. The lowest BCUT2D eigenvalue weighted by molar-refractivity contribution is 0.415. The molecule has 2 aromatic carbocycles.